The third-order valence-electron chi connectivity index (χ3n) is 11.9. The highest BCUT2D eigenvalue weighted by molar-refractivity contribution is 7.80. The summed E-state index contributed by atoms with van der Waals surface area (Å²) in [5.74, 6) is -1.81. The fourth-order valence-electron chi connectivity index (χ4n) is 8.31. The Morgan fingerprint density at radius 1 is 0.656 bits per heavy atom. The van der Waals surface area contributed by atoms with Crippen LogP contribution >= 0.6 is 0 Å². The summed E-state index contributed by atoms with van der Waals surface area (Å²) in [5, 5.41) is 23.6. The number of carbonyl (C=O) groups is 3. The molecule has 1 heterocycles. The fraction of sp³-hybridized carbons (Fsp3) is 0.700. The van der Waals surface area contributed by atoms with Gasteiger partial charge in [-0.3, -0.25) is 18.9 Å². The Kier molecular flexibility index (Phi) is 28.4. The molecule has 6 atom stereocenters. The van der Waals surface area contributed by atoms with Gasteiger partial charge in [-0.25, -0.2) is 4.18 Å². The number of hydrogen-bond acceptors (Lipinski definition) is 11. The highest BCUT2D eigenvalue weighted by atomic mass is 32.3. The fourth-order valence-corrected chi connectivity index (χ4v) is 8.82. The van der Waals surface area contributed by atoms with Gasteiger partial charge < -0.3 is 29.7 Å². The smallest absolute Gasteiger partial charge is 0.397 e. The molecule has 13 nitrogen and oxygen atoms in total. The molecule has 1 amide bonds. The maximum absolute atomic E-state index is 13.7. The van der Waals surface area contributed by atoms with Gasteiger partial charge in [0, 0.05) is 12.8 Å². The van der Waals surface area contributed by atoms with Crippen molar-refractivity contribution in [2.45, 2.75) is 217 Å². The van der Waals surface area contributed by atoms with E-state index in [2.05, 4.69) is 48.6 Å². The average Bonchev–Trinajstić information content (AvgIpc) is 3.27. The lowest BCUT2D eigenvalue weighted by atomic mass is 9.96. The molecule has 0 radical (unpaired) electrons. The second kappa shape index (κ2) is 33.1. The molecule has 0 spiro atoms. The zero-order valence-corrected chi connectivity index (χ0v) is 39.3. The zero-order valence-electron chi connectivity index (χ0n) is 38.5. The lowest BCUT2D eigenvalue weighted by molar-refractivity contribution is -0.254. The summed E-state index contributed by atoms with van der Waals surface area (Å²) < 4.78 is 55.3. The number of ether oxygens (including phenoxy) is 3. The molecule has 362 valence electrons. The molecule has 0 unspecified atom stereocenters. The second-order valence-corrected chi connectivity index (χ2v) is 18.5. The summed E-state index contributed by atoms with van der Waals surface area (Å²) in [6, 6.07) is 19.1. The molecule has 64 heavy (non-hydrogen) atoms. The van der Waals surface area contributed by atoms with E-state index in [1.807, 2.05) is 24.3 Å². The predicted molar refractivity (Wildman–Crippen MR) is 247 cm³/mol. The van der Waals surface area contributed by atoms with Crippen molar-refractivity contribution in [2.24, 2.45) is 0 Å². The van der Waals surface area contributed by atoms with Crippen LogP contribution < -0.4 is 5.32 Å². The normalized spacial score (nSPS) is 19.2. The Labute approximate surface area is 383 Å². The predicted octanol–water partition coefficient (Wildman–Crippen LogP) is 9.45. The zero-order chi connectivity index (χ0) is 46.3. The monoisotopic (exact) mass is 918 g/mol. The molecule has 0 aromatic heterocycles. The number of amides is 1. The van der Waals surface area contributed by atoms with Gasteiger partial charge in [0.2, 0.25) is 5.91 Å². The molecule has 0 bridgehead atoms. The maximum atomic E-state index is 13.7. The van der Waals surface area contributed by atoms with Crippen LogP contribution in [0.15, 0.2) is 60.7 Å². The van der Waals surface area contributed by atoms with Crippen molar-refractivity contribution < 1.29 is 56.0 Å². The highest BCUT2D eigenvalue weighted by Crippen LogP contribution is 2.28. The van der Waals surface area contributed by atoms with Crippen LogP contribution in [0.5, 0.6) is 0 Å². The van der Waals surface area contributed by atoms with Crippen LogP contribution in [0.3, 0.4) is 0 Å². The van der Waals surface area contributed by atoms with Gasteiger partial charge in [-0.05, 0) is 62.5 Å². The van der Waals surface area contributed by atoms with Crippen molar-refractivity contribution in [1.82, 2.24) is 5.32 Å². The Morgan fingerprint density at radius 2 is 1.12 bits per heavy atom. The first-order valence-corrected chi connectivity index (χ1v) is 25.7. The number of aliphatic hydroxyl groups is 2. The van der Waals surface area contributed by atoms with Gasteiger partial charge in [0.05, 0.1) is 13.0 Å². The van der Waals surface area contributed by atoms with Crippen molar-refractivity contribution in [3.63, 3.8) is 0 Å². The molecule has 0 saturated carbocycles. The van der Waals surface area contributed by atoms with Crippen LogP contribution in [0.4, 0.5) is 0 Å². The molecule has 1 aliphatic rings. The molecule has 1 aliphatic heterocycles. The summed E-state index contributed by atoms with van der Waals surface area (Å²) in [4.78, 5) is 40.0. The largest absolute Gasteiger partial charge is 0.462 e. The van der Waals surface area contributed by atoms with Crippen molar-refractivity contribution in [3.05, 3.63) is 71.8 Å². The van der Waals surface area contributed by atoms with Crippen molar-refractivity contribution in [3.8, 4) is 0 Å². The van der Waals surface area contributed by atoms with E-state index in [1.54, 1.807) is 0 Å². The SMILES string of the molecule is CCCCCCCCCCC[C@@H](CC(=O)N[C@@H]1[C@@H](OC(=O)CCCCCCCCc2ccccc2)[C@H](OS(=O)(=O)O)[C@@H](CO)O[C@@H]1O)OC(=O)CCCCCCCCc1ccccc1. The number of nitrogens with one attached hydrogen (secondary N) is 1. The quantitative estimate of drug-likeness (QED) is 0.0288. The van der Waals surface area contributed by atoms with E-state index in [0.29, 0.717) is 19.3 Å². The Bertz CT molecular complexity index is 1650. The highest BCUT2D eigenvalue weighted by Gasteiger charge is 2.50. The summed E-state index contributed by atoms with van der Waals surface area (Å²) in [6.45, 7) is 1.33. The minimum atomic E-state index is -5.17. The molecule has 1 saturated heterocycles. The molecule has 2 aromatic rings. The van der Waals surface area contributed by atoms with Crippen molar-refractivity contribution >= 4 is 28.2 Å². The second-order valence-electron chi connectivity index (χ2n) is 17.4. The molecule has 0 aliphatic carbocycles. The molecule has 2 aromatic carbocycles. The van der Waals surface area contributed by atoms with Gasteiger partial charge in [-0.1, -0.05) is 170 Å². The molecule has 1 fully saturated rings. The van der Waals surface area contributed by atoms with Gasteiger partial charge in [-0.2, -0.15) is 8.42 Å². The van der Waals surface area contributed by atoms with Gasteiger partial charge in [0.25, 0.3) is 0 Å². The minimum absolute atomic E-state index is 0.0362. The molecule has 14 heteroatoms. The number of aryl methyl sites for hydroxylation is 2. The van der Waals surface area contributed by atoms with Crippen molar-refractivity contribution in [1.29, 1.82) is 0 Å². The number of esters is 2. The molecule has 4 N–H and O–H groups in total. The Hall–Kier alpha value is -3.40. The average molecular weight is 918 g/mol. The van der Waals surface area contributed by atoms with Crippen molar-refractivity contribution in [2.75, 3.05) is 6.61 Å². The maximum Gasteiger partial charge on any atom is 0.397 e. The number of aliphatic hydroxyl groups excluding tert-OH is 2. The van der Waals surface area contributed by atoms with Crippen LogP contribution in [0.2, 0.25) is 0 Å². The summed E-state index contributed by atoms with van der Waals surface area (Å²) in [6.07, 6.45) is 15.7. The number of hydrogen-bond donors (Lipinski definition) is 4. The van der Waals surface area contributed by atoms with Crippen LogP contribution in [0, 0.1) is 0 Å². The van der Waals surface area contributed by atoms with E-state index in [-0.39, 0.29) is 19.3 Å². The first-order chi connectivity index (χ1) is 31.0. The van der Waals surface area contributed by atoms with Crippen LogP contribution in [0.1, 0.15) is 179 Å². The van der Waals surface area contributed by atoms with Gasteiger partial charge >= 0.3 is 22.3 Å². The number of rotatable bonds is 36. The number of unbranched alkanes of at least 4 members (excludes halogenated alkanes) is 18. The van der Waals surface area contributed by atoms with Gasteiger partial charge in [-0.15, -0.1) is 0 Å². The van der Waals surface area contributed by atoms with E-state index in [1.165, 1.54) is 43.2 Å². The summed E-state index contributed by atoms with van der Waals surface area (Å²) in [5.41, 5.74) is 2.64. The third kappa shape index (κ3) is 24.8. The van der Waals surface area contributed by atoms with E-state index >= 15 is 0 Å². The topological polar surface area (TPSA) is 195 Å². The van der Waals surface area contributed by atoms with E-state index in [4.69, 9.17) is 18.4 Å². The summed E-state index contributed by atoms with van der Waals surface area (Å²) >= 11 is 0. The lowest BCUT2D eigenvalue weighted by Gasteiger charge is -2.43. The Balaban J connectivity index is 1.55. The first kappa shape index (κ1) is 54.9. The lowest BCUT2D eigenvalue weighted by Crippen LogP contribution is -2.66. The first-order valence-electron chi connectivity index (χ1n) is 24.3. The molecule has 3 rings (SSSR count). The molecular weight excluding hydrogens is 839 g/mol. The van der Waals surface area contributed by atoms with Crippen LogP contribution in [0.25, 0.3) is 0 Å². The summed E-state index contributed by atoms with van der Waals surface area (Å²) in [7, 11) is -5.17. The van der Waals surface area contributed by atoms with Crippen LogP contribution in [-0.4, -0.2) is 84.4 Å². The number of carbonyl (C=O) groups excluding carboxylic acids is 3. The van der Waals surface area contributed by atoms with E-state index in [9.17, 15) is 37.6 Å². The van der Waals surface area contributed by atoms with Gasteiger partial charge in [0.15, 0.2) is 12.4 Å². The van der Waals surface area contributed by atoms with E-state index < -0.39 is 71.6 Å². The number of benzene rings is 2. The van der Waals surface area contributed by atoms with Gasteiger partial charge in [0.1, 0.15) is 24.4 Å². The Morgan fingerprint density at radius 3 is 1.62 bits per heavy atom. The molecular formula is C50H79NO12S. The minimum Gasteiger partial charge on any atom is -0.462 e. The standard InChI is InChI=1S/C50H79NO12S/c1-2-3-4-5-6-7-8-15-26-35-42(60-45(54)36-27-16-11-9-13-20-29-40-31-22-18-23-32-40)38-44(53)51-47-49(48(63-64(57,58)59)43(39-52)61-50(47)56)62-46(55)37-28-17-12-10-14-21-30-41-33-24-19-25-34-41/h18-19,22-25,31-34,42-43,47-50,52,56H,2-17,20-21,26-30,35-39H2,1H3,(H,51,53)(H,57,58,59)/t42-,43+,47+,48+,49+,50-/m0/s1. The van der Waals surface area contributed by atoms with E-state index in [0.717, 1.165) is 103 Å². The third-order valence-corrected chi connectivity index (χ3v) is 12.4. The van der Waals surface area contributed by atoms with Crippen LogP contribution in [-0.2, 0) is 56.0 Å².